The van der Waals surface area contributed by atoms with E-state index in [9.17, 15) is 4.79 Å². The Morgan fingerprint density at radius 3 is 2.55 bits per heavy atom. The average molecular weight is 519 g/mol. The molecular weight excluding hydrogens is 498 g/mol. The summed E-state index contributed by atoms with van der Waals surface area (Å²) in [7, 11) is 0. The molecular formula is C22H21BrClN5OS. The Labute approximate surface area is 198 Å². The van der Waals surface area contributed by atoms with Gasteiger partial charge < -0.3 is 5.32 Å². The number of carbonyl (C=O) groups is 1. The Bertz CT molecular complexity index is 1240. The molecule has 0 aliphatic carbocycles. The highest BCUT2D eigenvalue weighted by molar-refractivity contribution is 9.10. The van der Waals surface area contributed by atoms with Crippen molar-refractivity contribution in [2.75, 3.05) is 5.32 Å². The Balaban J connectivity index is 1.43. The highest BCUT2D eigenvalue weighted by Gasteiger charge is 2.16. The highest BCUT2D eigenvalue weighted by Crippen LogP contribution is 2.24. The zero-order chi connectivity index (χ0) is 22.1. The molecule has 0 aliphatic rings. The van der Waals surface area contributed by atoms with Gasteiger partial charge in [0, 0.05) is 6.20 Å². The summed E-state index contributed by atoms with van der Waals surface area (Å²) in [6.45, 7) is 7.08. The lowest BCUT2D eigenvalue weighted by Gasteiger charge is -2.03. The molecule has 0 aliphatic heterocycles. The number of hydrogen-bond donors (Lipinski definition) is 1. The van der Waals surface area contributed by atoms with Crippen molar-refractivity contribution in [1.29, 1.82) is 0 Å². The molecule has 0 saturated heterocycles. The van der Waals surface area contributed by atoms with Gasteiger partial charge in [0.1, 0.15) is 0 Å². The maximum Gasteiger partial charge on any atom is 0.266 e. The minimum atomic E-state index is -0.191. The second-order valence-corrected chi connectivity index (χ2v) is 9.57. The van der Waals surface area contributed by atoms with Crippen molar-refractivity contribution >= 4 is 50.6 Å². The van der Waals surface area contributed by atoms with E-state index in [1.54, 1.807) is 4.68 Å². The molecule has 3 aromatic heterocycles. The largest absolute Gasteiger partial charge is 0.303 e. The molecule has 0 saturated carbocycles. The zero-order valence-corrected chi connectivity index (χ0v) is 20.5. The van der Waals surface area contributed by atoms with Crippen LogP contribution in [0, 0.1) is 20.8 Å². The topological polar surface area (TPSA) is 64.7 Å². The van der Waals surface area contributed by atoms with Gasteiger partial charge in [0.15, 0.2) is 5.82 Å². The van der Waals surface area contributed by atoms with Gasteiger partial charge in [0.2, 0.25) is 0 Å². The molecule has 4 rings (SSSR count). The number of carbonyl (C=O) groups excluding carboxylic acids is 1. The van der Waals surface area contributed by atoms with Crippen molar-refractivity contribution in [2.45, 2.75) is 33.9 Å². The van der Waals surface area contributed by atoms with Crippen LogP contribution in [0.1, 0.15) is 37.7 Å². The third-order valence-electron chi connectivity index (χ3n) is 4.92. The molecule has 160 valence electrons. The predicted molar refractivity (Wildman–Crippen MR) is 128 cm³/mol. The Morgan fingerprint density at radius 2 is 1.87 bits per heavy atom. The number of amides is 1. The Kier molecular flexibility index (Phi) is 6.31. The summed E-state index contributed by atoms with van der Waals surface area (Å²) in [4.78, 5) is 13.4. The van der Waals surface area contributed by atoms with Crippen LogP contribution in [-0.4, -0.2) is 25.5 Å². The van der Waals surface area contributed by atoms with Gasteiger partial charge in [-0.05, 0) is 59.3 Å². The van der Waals surface area contributed by atoms with Crippen LogP contribution in [0.5, 0.6) is 0 Å². The van der Waals surface area contributed by atoms with Gasteiger partial charge in [0.05, 0.1) is 38.8 Å². The maximum absolute atomic E-state index is 12.7. The first-order valence-corrected chi connectivity index (χ1v) is 11.7. The van der Waals surface area contributed by atoms with E-state index >= 15 is 0 Å². The van der Waals surface area contributed by atoms with E-state index in [4.69, 9.17) is 11.6 Å². The third-order valence-corrected chi connectivity index (χ3v) is 7.02. The van der Waals surface area contributed by atoms with Crippen molar-refractivity contribution in [1.82, 2.24) is 19.6 Å². The van der Waals surface area contributed by atoms with E-state index < -0.39 is 0 Å². The van der Waals surface area contributed by atoms with Crippen molar-refractivity contribution in [3.8, 4) is 0 Å². The van der Waals surface area contributed by atoms with Crippen molar-refractivity contribution in [3.63, 3.8) is 0 Å². The molecule has 0 unspecified atom stereocenters. The number of aryl methyl sites for hydroxylation is 2. The molecule has 31 heavy (non-hydrogen) atoms. The van der Waals surface area contributed by atoms with Crippen LogP contribution in [0.25, 0.3) is 0 Å². The van der Waals surface area contributed by atoms with Crippen molar-refractivity contribution in [2.24, 2.45) is 0 Å². The summed E-state index contributed by atoms with van der Waals surface area (Å²) in [5, 5.41) is 14.5. The quantitative estimate of drug-likeness (QED) is 0.349. The number of hydrogen-bond acceptors (Lipinski definition) is 4. The molecule has 1 aromatic carbocycles. The summed E-state index contributed by atoms with van der Waals surface area (Å²) >= 11 is 11.1. The fourth-order valence-corrected chi connectivity index (χ4v) is 4.54. The molecule has 1 amide bonds. The minimum Gasteiger partial charge on any atom is -0.303 e. The number of nitrogens with zero attached hydrogens (tertiary/aromatic N) is 4. The number of aromatic nitrogens is 4. The van der Waals surface area contributed by atoms with Crippen molar-refractivity contribution < 1.29 is 4.79 Å². The number of rotatable bonds is 6. The summed E-state index contributed by atoms with van der Waals surface area (Å²) in [6, 6.07) is 10.2. The van der Waals surface area contributed by atoms with Crippen LogP contribution in [0.2, 0.25) is 5.02 Å². The monoisotopic (exact) mass is 517 g/mol. The molecule has 3 heterocycles. The molecule has 1 N–H and O–H groups in total. The van der Waals surface area contributed by atoms with Crippen LogP contribution in [-0.2, 0) is 13.1 Å². The summed E-state index contributed by atoms with van der Waals surface area (Å²) in [5.41, 5.74) is 5.08. The first-order valence-electron chi connectivity index (χ1n) is 9.67. The van der Waals surface area contributed by atoms with Gasteiger partial charge in [-0.15, -0.1) is 11.3 Å². The normalized spacial score (nSPS) is 11.1. The van der Waals surface area contributed by atoms with Gasteiger partial charge in [-0.3, -0.25) is 14.2 Å². The molecule has 0 fully saturated rings. The highest BCUT2D eigenvalue weighted by atomic mass is 79.9. The number of anilines is 1. The first kappa shape index (κ1) is 21.8. The Hall–Kier alpha value is -2.42. The molecule has 0 spiro atoms. The number of nitrogens with one attached hydrogen (secondary N) is 1. The SMILES string of the molecule is Cc1ccc(Cn2cc(Br)c(NC(=O)c3cc(Cn4nc(C)c(Cl)c4C)cs3)n2)cc1. The summed E-state index contributed by atoms with van der Waals surface area (Å²) < 4.78 is 4.39. The molecule has 0 bridgehead atoms. The molecule has 9 heteroatoms. The third kappa shape index (κ3) is 4.92. The fraction of sp³-hybridized carbons (Fsp3) is 0.227. The van der Waals surface area contributed by atoms with E-state index in [-0.39, 0.29) is 5.91 Å². The smallest absolute Gasteiger partial charge is 0.266 e. The van der Waals surface area contributed by atoms with E-state index in [1.807, 2.05) is 36.2 Å². The lowest BCUT2D eigenvalue weighted by molar-refractivity contribution is 0.103. The fourth-order valence-electron chi connectivity index (χ4n) is 3.19. The van der Waals surface area contributed by atoms with E-state index in [0.29, 0.717) is 28.8 Å². The lowest BCUT2D eigenvalue weighted by Crippen LogP contribution is -2.12. The van der Waals surface area contributed by atoms with Crippen LogP contribution < -0.4 is 5.32 Å². The van der Waals surface area contributed by atoms with Crippen LogP contribution in [0.15, 0.2) is 46.4 Å². The standard InChI is InChI=1S/C22H21BrClN5OS/c1-13-4-6-16(7-5-13)9-28-11-18(23)21(27-28)25-22(30)19-8-17(12-31-19)10-29-15(3)20(24)14(2)26-29/h4-8,11-12H,9-10H2,1-3H3,(H,25,27,30). The first-order chi connectivity index (χ1) is 14.8. The summed E-state index contributed by atoms with van der Waals surface area (Å²) in [6.07, 6.45) is 1.86. The second kappa shape index (κ2) is 8.98. The van der Waals surface area contributed by atoms with Crippen LogP contribution in [0.4, 0.5) is 5.82 Å². The lowest BCUT2D eigenvalue weighted by atomic mass is 10.1. The van der Waals surface area contributed by atoms with E-state index in [2.05, 4.69) is 62.6 Å². The van der Waals surface area contributed by atoms with Crippen molar-refractivity contribution in [3.05, 3.63) is 84.4 Å². The molecule has 4 aromatic rings. The van der Waals surface area contributed by atoms with Gasteiger partial charge >= 0.3 is 0 Å². The van der Waals surface area contributed by atoms with Gasteiger partial charge in [-0.1, -0.05) is 41.4 Å². The number of halogens is 2. The number of benzene rings is 1. The molecule has 0 atom stereocenters. The van der Waals surface area contributed by atoms with E-state index in [1.165, 1.54) is 16.9 Å². The van der Waals surface area contributed by atoms with Crippen LogP contribution >= 0.6 is 38.9 Å². The van der Waals surface area contributed by atoms with Crippen LogP contribution in [0.3, 0.4) is 0 Å². The number of thiophene rings is 1. The van der Waals surface area contributed by atoms with Gasteiger partial charge in [0.25, 0.3) is 5.91 Å². The zero-order valence-electron chi connectivity index (χ0n) is 17.3. The predicted octanol–water partition coefficient (Wildman–Crippen LogP) is 5.83. The van der Waals surface area contributed by atoms with Gasteiger partial charge in [-0.2, -0.15) is 10.2 Å². The van der Waals surface area contributed by atoms with E-state index in [0.717, 1.165) is 27.0 Å². The Morgan fingerprint density at radius 1 is 1.13 bits per heavy atom. The maximum atomic E-state index is 12.7. The van der Waals surface area contributed by atoms with Gasteiger partial charge in [-0.25, -0.2) is 0 Å². The summed E-state index contributed by atoms with van der Waals surface area (Å²) in [5.74, 6) is 0.307. The molecule has 0 radical (unpaired) electrons. The second-order valence-electron chi connectivity index (χ2n) is 7.42. The minimum absolute atomic E-state index is 0.191. The molecule has 6 nitrogen and oxygen atoms in total. The average Bonchev–Trinajstić information content (AvgIpc) is 3.40.